The van der Waals surface area contributed by atoms with E-state index in [0.717, 1.165) is 14.5 Å². The topological polar surface area (TPSA) is 133 Å². The third kappa shape index (κ3) is 3.58. The van der Waals surface area contributed by atoms with Gasteiger partial charge >= 0.3 is 0 Å². The highest BCUT2D eigenvalue weighted by Crippen LogP contribution is 2.27. The van der Waals surface area contributed by atoms with Crippen molar-refractivity contribution in [2.24, 2.45) is 10.8 Å². The van der Waals surface area contributed by atoms with Crippen LogP contribution in [0.1, 0.15) is 15.9 Å². The number of H-pyrrole nitrogens is 1. The van der Waals surface area contributed by atoms with Gasteiger partial charge in [-0.25, -0.2) is 4.98 Å². The molecule has 0 atom stereocenters. The number of fused-ring (bicyclic) bond motifs is 1. The second-order valence-electron chi connectivity index (χ2n) is 5.24. The summed E-state index contributed by atoms with van der Waals surface area (Å²) in [6.45, 7) is 0.431. The summed E-state index contributed by atoms with van der Waals surface area (Å²) in [5.41, 5.74) is 17.3. The van der Waals surface area contributed by atoms with Gasteiger partial charge in [0, 0.05) is 32.1 Å². The molecule has 0 saturated carbocycles. The number of benzene rings is 1. The number of nitrogens with one attached hydrogen (secondary N) is 2. The van der Waals surface area contributed by atoms with Crippen molar-refractivity contribution in [1.82, 2.24) is 9.97 Å². The van der Waals surface area contributed by atoms with Gasteiger partial charge in [-0.15, -0.1) is 0 Å². The summed E-state index contributed by atoms with van der Waals surface area (Å²) in [5.74, 6) is -0.293. The molecule has 0 unspecified atom stereocenters. The third-order valence-electron chi connectivity index (χ3n) is 3.69. The highest BCUT2D eigenvalue weighted by molar-refractivity contribution is 14.1. The van der Waals surface area contributed by atoms with Crippen LogP contribution in [0.5, 0.6) is 0 Å². The van der Waals surface area contributed by atoms with Crippen molar-refractivity contribution in [2.45, 2.75) is 6.42 Å². The van der Waals surface area contributed by atoms with Crippen LogP contribution in [0.2, 0.25) is 0 Å². The first-order valence-electron chi connectivity index (χ1n) is 7.45. The van der Waals surface area contributed by atoms with Crippen molar-refractivity contribution in [3.05, 3.63) is 61.8 Å². The number of hydrogen-bond donors (Lipinski definition) is 3. The Hall–Kier alpha value is -2.62. The molecule has 0 radical (unpaired) electrons. The van der Waals surface area contributed by atoms with Gasteiger partial charge in [0.2, 0.25) is 0 Å². The van der Waals surface area contributed by atoms with Crippen molar-refractivity contribution in [3.8, 4) is 0 Å². The molecule has 1 amide bonds. The van der Waals surface area contributed by atoms with Crippen molar-refractivity contribution in [1.29, 1.82) is 0 Å². The van der Waals surface area contributed by atoms with E-state index in [1.807, 2.05) is 6.20 Å². The standard InChI is InChI=1S/C16H14IN7O/c17-11-8-21-15-14(11)12(4-6-20-15)22-16(25)10-2-1-9(3-5-18)13(7-10)23-24-19/h1-2,4,6-8H,3,5,18H2,(H2,20,21,22,25). The van der Waals surface area contributed by atoms with Crippen LogP contribution in [0.4, 0.5) is 11.4 Å². The number of anilines is 1. The monoisotopic (exact) mass is 447 g/mol. The van der Waals surface area contributed by atoms with Gasteiger partial charge in [0.25, 0.3) is 5.91 Å². The maximum absolute atomic E-state index is 12.6. The zero-order chi connectivity index (χ0) is 17.8. The SMILES string of the molecule is [N-]=[N+]=Nc1cc(C(=O)Nc2ccnc3[nH]cc(I)c23)ccc1CCN. The molecule has 25 heavy (non-hydrogen) atoms. The van der Waals surface area contributed by atoms with E-state index in [2.05, 4.69) is 47.9 Å². The Labute approximate surface area is 156 Å². The Morgan fingerprint density at radius 1 is 1.44 bits per heavy atom. The predicted octanol–water partition coefficient (Wildman–Crippen LogP) is 3.86. The van der Waals surface area contributed by atoms with Crippen LogP contribution in [0.25, 0.3) is 21.5 Å². The molecule has 1 aromatic carbocycles. The molecule has 0 spiro atoms. The van der Waals surface area contributed by atoms with Crippen LogP contribution in [0, 0.1) is 3.57 Å². The summed E-state index contributed by atoms with van der Waals surface area (Å²) in [6.07, 6.45) is 4.03. The zero-order valence-electron chi connectivity index (χ0n) is 13.0. The molecule has 8 nitrogen and oxygen atoms in total. The molecule has 0 fully saturated rings. The number of nitrogens with zero attached hydrogens (tertiary/aromatic N) is 4. The first kappa shape index (κ1) is 17.2. The smallest absolute Gasteiger partial charge is 0.255 e. The number of nitrogens with two attached hydrogens (primary N) is 1. The van der Waals surface area contributed by atoms with Crippen LogP contribution in [0.3, 0.4) is 0 Å². The summed E-state index contributed by atoms with van der Waals surface area (Å²) in [6, 6.07) is 6.76. The number of azide groups is 1. The van der Waals surface area contributed by atoms with Gasteiger partial charge in [0.05, 0.1) is 11.1 Å². The lowest BCUT2D eigenvalue weighted by Gasteiger charge is -2.09. The maximum Gasteiger partial charge on any atom is 0.255 e. The minimum atomic E-state index is -0.293. The lowest BCUT2D eigenvalue weighted by molar-refractivity contribution is 0.102. The fourth-order valence-electron chi connectivity index (χ4n) is 2.53. The fourth-order valence-corrected chi connectivity index (χ4v) is 3.23. The molecular formula is C16H14IN7O. The van der Waals surface area contributed by atoms with Gasteiger partial charge in [-0.1, -0.05) is 11.2 Å². The summed E-state index contributed by atoms with van der Waals surface area (Å²) >= 11 is 2.18. The normalized spacial score (nSPS) is 10.5. The van der Waals surface area contributed by atoms with Crippen LogP contribution < -0.4 is 11.1 Å². The number of carbonyl (C=O) groups excluding carboxylic acids is 1. The van der Waals surface area contributed by atoms with E-state index in [0.29, 0.717) is 35.6 Å². The molecular weight excluding hydrogens is 433 g/mol. The van der Waals surface area contributed by atoms with Gasteiger partial charge in [-0.05, 0) is 64.9 Å². The largest absolute Gasteiger partial charge is 0.345 e. The molecule has 0 aliphatic carbocycles. The lowest BCUT2D eigenvalue weighted by atomic mass is 10.1. The Balaban J connectivity index is 1.94. The third-order valence-corrected chi connectivity index (χ3v) is 4.54. The molecule has 9 heteroatoms. The van der Waals surface area contributed by atoms with Gasteiger partial charge < -0.3 is 16.0 Å². The Kier molecular flexibility index (Phi) is 5.17. The maximum atomic E-state index is 12.6. The molecule has 0 aliphatic heterocycles. The van der Waals surface area contributed by atoms with E-state index in [1.165, 1.54) is 0 Å². The molecule has 0 saturated heterocycles. The number of carbonyl (C=O) groups is 1. The van der Waals surface area contributed by atoms with Gasteiger partial charge in [0.15, 0.2) is 0 Å². The second kappa shape index (κ2) is 7.51. The molecule has 3 aromatic rings. The van der Waals surface area contributed by atoms with Gasteiger partial charge in [0.1, 0.15) is 5.65 Å². The van der Waals surface area contributed by atoms with E-state index in [9.17, 15) is 4.79 Å². The highest BCUT2D eigenvalue weighted by atomic mass is 127. The first-order valence-corrected chi connectivity index (χ1v) is 8.53. The van der Waals surface area contributed by atoms with E-state index in [4.69, 9.17) is 11.3 Å². The van der Waals surface area contributed by atoms with Crippen LogP contribution in [-0.4, -0.2) is 22.4 Å². The minimum Gasteiger partial charge on any atom is -0.345 e. The number of pyridine rings is 1. The molecule has 0 bridgehead atoms. The summed E-state index contributed by atoms with van der Waals surface area (Å²) in [7, 11) is 0. The Morgan fingerprint density at radius 3 is 3.04 bits per heavy atom. The second-order valence-corrected chi connectivity index (χ2v) is 6.41. The number of hydrogen-bond acceptors (Lipinski definition) is 4. The van der Waals surface area contributed by atoms with E-state index < -0.39 is 0 Å². The summed E-state index contributed by atoms with van der Waals surface area (Å²) in [4.78, 5) is 22.7. The van der Waals surface area contributed by atoms with E-state index in [-0.39, 0.29) is 5.91 Å². The average Bonchev–Trinajstić information content (AvgIpc) is 2.99. The number of rotatable bonds is 5. The molecule has 2 heterocycles. The summed E-state index contributed by atoms with van der Waals surface area (Å²) in [5, 5.41) is 7.40. The summed E-state index contributed by atoms with van der Waals surface area (Å²) < 4.78 is 0.962. The molecule has 0 aliphatic rings. The molecule has 4 N–H and O–H groups in total. The predicted molar refractivity (Wildman–Crippen MR) is 105 cm³/mol. The van der Waals surface area contributed by atoms with Gasteiger partial charge in [-0.3, -0.25) is 4.79 Å². The Morgan fingerprint density at radius 2 is 2.28 bits per heavy atom. The molecule has 3 rings (SSSR count). The number of aromatic amines is 1. The van der Waals surface area contributed by atoms with Crippen molar-refractivity contribution in [2.75, 3.05) is 11.9 Å². The minimum absolute atomic E-state index is 0.293. The molecule has 126 valence electrons. The number of halogens is 1. The first-order chi connectivity index (χ1) is 12.1. The fraction of sp³-hybridized carbons (Fsp3) is 0.125. The van der Waals surface area contributed by atoms with Crippen molar-refractivity contribution < 1.29 is 4.79 Å². The molecule has 2 aromatic heterocycles. The number of aromatic nitrogens is 2. The quantitative estimate of drug-likeness (QED) is 0.237. The van der Waals surface area contributed by atoms with E-state index >= 15 is 0 Å². The highest BCUT2D eigenvalue weighted by Gasteiger charge is 2.13. The Bertz CT molecular complexity index is 991. The van der Waals surface area contributed by atoms with Crippen LogP contribution >= 0.6 is 22.6 Å². The van der Waals surface area contributed by atoms with Gasteiger partial charge in [-0.2, -0.15) is 0 Å². The van der Waals surface area contributed by atoms with E-state index in [1.54, 1.807) is 30.5 Å². The average molecular weight is 447 g/mol. The van der Waals surface area contributed by atoms with Crippen molar-refractivity contribution >= 4 is 50.9 Å². The lowest BCUT2D eigenvalue weighted by Crippen LogP contribution is -2.12. The van der Waals surface area contributed by atoms with Crippen LogP contribution in [-0.2, 0) is 6.42 Å². The zero-order valence-corrected chi connectivity index (χ0v) is 15.2. The van der Waals surface area contributed by atoms with Crippen LogP contribution in [0.15, 0.2) is 41.8 Å². The van der Waals surface area contributed by atoms with Crippen molar-refractivity contribution in [3.63, 3.8) is 0 Å². The number of amides is 1.